The Balaban J connectivity index is 1.97. The van der Waals surface area contributed by atoms with E-state index in [1.54, 1.807) is 4.90 Å². The van der Waals surface area contributed by atoms with E-state index >= 15 is 0 Å². The first-order valence-electron chi connectivity index (χ1n) is 8.85. The molecule has 9 heteroatoms. The Labute approximate surface area is 166 Å². The zero-order valence-electron chi connectivity index (χ0n) is 16.3. The highest BCUT2D eigenvalue weighted by atomic mass is 32.1. The van der Waals surface area contributed by atoms with Crippen LogP contribution in [-0.2, 0) is 0 Å². The van der Waals surface area contributed by atoms with Gasteiger partial charge in [0, 0.05) is 6.54 Å². The van der Waals surface area contributed by atoms with Crippen LogP contribution in [0.5, 0.6) is 0 Å². The summed E-state index contributed by atoms with van der Waals surface area (Å²) in [4.78, 5) is 31.5. The number of nitro groups is 1. The second-order valence-corrected chi connectivity index (χ2v) is 7.91. The molecule has 3 rings (SSSR count). The van der Waals surface area contributed by atoms with Crippen LogP contribution in [0.25, 0.3) is 10.2 Å². The molecule has 0 saturated carbocycles. The van der Waals surface area contributed by atoms with Gasteiger partial charge >= 0.3 is 5.88 Å². The van der Waals surface area contributed by atoms with Crippen LogP contribution in [0.3, 0.4) is 0 Å². The van der Waals surface area contributed by atoms with E-state index in [0.29, 0.717) is 11.7 Å². The number of aromatic nitrogens is 1. The van der Waals surface area contributed by atoms with E-state index in [2.05, 4.69) is 11.1 Å². The molecule has 1 aromatic carbocycles. The highest BCUT2D eigenvalue weighted by molar-refractivity contribution is 7.22. The smallest absolute Gasteiger partial charge is 0.395 e. The van der Waals surface area contributed by atoms with Gasteiger partial charge in [0.05, 0.1) is 16.3 Å². The molecule has 148 valence electrons. The molecule has 0 aliphatic heterocycles. The molecule has 3 aromatic rings. The van der Waals surface area contributed by atoms with Gasteiger partial charge in [0.25, 0.3) is 5.91 Å². The molecule has 1 amide bonds. The summed E-state index contributed by atoms with van der Waals surface area (Å²) in [5.41, 5.74) is 3.05. The van der Waals surface area contributed by atoms with Crippen molar-refractivity contribution < 1.29 is 14.1 Å². The second kappa shape index (κ2) is 8.07. The van der Waals surface area contributed by atoms with Crippen molar-refractivity contribution in [3.05, 3.63) is 51.3 Å². The van der Waals surface area contributed by atoms with Crippen molar-refractivity contribution in [2.75, 3.05) is 32.1 Å². The number of anilines is 1. The summed E-state index contributed by atoms with van der Waals surface area (Å²) >= 11 is 1.44. The molecule has 0 saturated heterocycles. The molecule has 2 aromatic heterocycles. The Bertz CT molecular complexity index is 1020. The van der Waals surface area contributed by atoms with Gasteiger partial charge in [0.2, 0.25) is 0 Å². The van der Waals surface area contributed by atoms with Crippen molar-refractivity contribution in [2.24, 2.45) is 0 Å². The normalized spacial score (nSPS) is 11.3. The van der Waals surface area contributed by atoms with Crippen molar-refractivity contribution >= 4 is 38.5 Å². The van der Waals surface area contributed by atoms with Crippen LogP contribution < -0.4 is 4.90 Å². The van der Waals surface area contributed by atoms with Gasteiger partial charge in [-0.2, -0.15) is 0 Å². The van der Waals surface area contributed by atoms with Crippen LogP contribution in [0.2, 0.25) is 0 Å². The zero-order chi connectivity index (χ0) is 20.4. The maximum absolute atomic E-state index is 13.0. The van der Waals surface area contributed by atoms with Crippen molar-refractivity contribution in [3.8, 4) is 0 Å². The predicted molar refractivity (Wildman–Crippen MR) is 109 cm³/mol. The van der Waals surface area contributed by atoms with Gasteiger partial charge in [0.1, 0.15) is 4.92 Å². The summed E-state index contributed by atoms with van der Waals surface area (Å²) in [6, 6.07) is 6.60. The third-order valence-corrected chi connectivity index (χ3v) is 5.48. The number of amides is 1. The minimum Gasteiger partial charge on any atom is -0.395 e. The first-order chi connectivity index (χ1) is 13.3. The maximum Gasteiger partial charge on any atom is 0.433 e. The van der Waals surface area contributed by atoms with E-state index in [4.69, 9.17) is 4.42 Å². The maximum atomic E-state index is 13.0. The summed E-state index contributed by atoms with van der Waals surface area (Å²) in [7, 11) is 3.93. The minimum absolute atomic E-state index is 0.0660. The molecule has 0 unspecified atom stereocenters. The molecular weight excluding hydrogens is 380 g/mol. The number of furan rings is 1. The molecule has 2 heterocycles. The Morgan fingerprint density at radius 2 is 2.00 bits per heavy atom. The number of thiazole rings is 1. The fourth-order valence-corrected chi connectivity index (χ4v) is 4.02. The first kappa shape index (κ1) is 20.0. The fraction of sp³-hybridized carbons (Fsp3) is 0.368. The van der Waals surface area contributed by atoms with Crippen LogP contribution in [0.15, 0.2) is 28.7 Å². The lowest BCUT2D eigenvalue weighted by Crippen LogP contribution is -2.33. The van der Waals surface area contributed by atoms with E-state index in [-0.39, 0.29) is 5.76 Å². The third kappa shape index (κ3) is 4.20. The van der Waals surface area contributed by atoms with Gasteiger partial charge in [0.15, 0.2) is 10.9 Å². The van der Waals surface area contributed by atoms with E-state index in [9.17, 15) is 14.9 Å². The number of aryl methyl sites for hydroxylation is 2. The molecule has 0 atom stereocenters. The van der Waals surface area contributed by atoms with Crippen LogP contribution in [-0.4, -0.2) is 47.9 Å². The zero-order valence-corrected chi connectivity index (χ0v) is 17.1. The number of hydrogen-bond acceptors (Lipinski definition) is 7. The van der Waals surface area contributed by atoms with Crippen LogP contribution in [0.1, 0.15) is 28.1 Å². The summed E-state index contributed by atoms with van der Waals surface area (Å²) < 4.78 is 6.15. The molecule has 28 heavy (non-hydrogen) atoms. The lowest BCUT2D eigenvalue weighted by atomic mass is 10.1. The Morgan fingerprint density at radius 1 is 1.25 bits per heavy atom. The summed E-state index contributed by atoms with van der Waals surface area (Å²) in [5.74, 6) is -0.948. The first-order valence-corrected chi connectivity index (χ1v) is 9.66. The van der Waals surface area contributed by atoms with Gasteiger partial charge in [-0.3, -0.25) is 19.8 Å². The fourth-order valence-electron chi connectivity index (χ4n) is 2.98. The summed E-state index contributed by atoms with van der Waals surface area (Å²) in [6.07, 6.45) is 0.732. The minimum atomic E-state index is -0.656. The van der Waals surface area contributed by atoms with Crippen LogP contribution in [0, 0.1) is 24.0 Å². The van der Waals surface area contributed by atoms with Crippen molar-refractivity contribution in [2.45, 2.75) is 20.3 Å². The number of hydrogen-bond donors (Lipinski definition) is 0. The molecular formula is C19H22N4O4S. The Morgan fingerprint density at radius 3 is 2.64 bits per heavy atom. The number of carbonyl (C=O) groups is 1. The highest BCUT2D eigenvalue weighted by Gasteiger charge is 2.26. The Kier molecular flexibility index (Phi) is 5.76. The third-order valence-electron chi connectivity index (χ3n) is 4.25. The van der Waals surface area contributed by atoms with Gasteiger partial charge < -0.3 is 9.32 Å². The van der Waals surface area contributed by atoms with Gasteiger partial charge in [-0.05, 0) is 64.2 Å². The Hall–Kier alpha value is -2.78. The van der Waals surface area contributed by atoms with Crippen molar-refractivity contribution in [1.82, 2.24) is 9.88 Å². The van der Waals surface area contributed by atoms with Gasteiger partial charge in [-0.15, -0.1) is 0 Å². The predicted octanol–water partition coefficient (Wildman–Crippen LogP) is 4.01. The molecule has 8 nitrogen and oxygen atoms in total. The summed E-state index contributed by atoms with van der Waals surface area (Å²) in [5, 5.41) is 11.4. The molecule has 0 N–H and O–H groups in total. The van der Waals surface area contributed by atoms with E-state index in [1.165, 1.54) is 23.5 Å². The number of rotatable bonds is 7. The van der Waals surface area contributed by atoms with Crippen LogP contribution >= 0.6 is 11.3 Å². The highest BCUT2D eigenvalue weighted by Crippen LogP contribution is 2.33. The van der Waals surface area contributed by atoms with Gasteiger partial charge in [-0.25, -0.2) is 4.98 Å². The second-order valence-electron chi connectivity index (χ2n) is 6.94. The van der Waals surface area contributed by atoms with E-state index < -0.39 is 16.7 Å². The van der Waals surface area contributed by atoms with E-state index in [0.717, 1.165) is 34.3 Å². The van der Waals surface area contributed by atoms with Crippen molar-refractivity contribution in [3.63, 3.8) is 0 Å². The standard InChI is InChI=1S/C19H22N4O4S/c1-12-10-13(2)17-14(11-12)20-19(28-17)22(9-5-8-21(3)4)18(24)15-6-7-16(27-15)23(25)26/h6-7,10-11H,5,8-9H2,1-4H3. The number of fused-ring (bicyclic) bond motifs is 1. The number of carbonyl (C=O) groups excluding carboxylic acids is 1. The molecule has 0 bridgehead atoms. The number of nitrogens with zero attached hydrogens (tertiary/aromatic N) is 4. The molecule has 0 radical (unpaired) electrons. The molecule has 0 aliphatic rings. The lowest BCUT2D eigenvalue weighted by Gasteiger charge is -2.19. The van der Waals surface area contributed by atoms with Gasteiger partial charge in [-0.1, -0.05) is 17.4 Å². The number of benzene rings is 1. The largest absolute Gasteiger partial charge is 0.433 e. The molecule has 0 fully saturated rings. The van der Waals surface area contributed by atoms with Crippen molar-refractivity contribution in [1.29, 1.82) is 0 Å². The average molecular weight is 402 g/mol. The van der Waals surface area contributed by atoms with Crippen LogP contribution in [0.4, 0.5) is 11.0 Å². The lowest BCUT2D eigenvalue weighted by molar-refractivity contribution is -0.402. The topological polar surface area (TPSA) is 92.7 Å². The quantitative estimate of drug-likeness (QED) is 0.438. The monoisotopic (exact) mass is 402 g/mol. The average Bonchev–Trinajstić information content (AvgIpc) is 3.25. The molecule has 0 spiro atoms. The molecule has 0 aliphatic carbocycles. The SMILES string of the molecule is Cc1cc(C)c2sc(N(CCCN(C)C)C(=O)c3ccc([N+](=O)[O-])o3)nc2c1. The van der Waals surface area contributed by atoms with E-state index in [1.807, 2.05) is 38.9 Å². The summed E-state index contributed by atoms with van der Waals surface area (Å²) in [6.45, 7) is 5.26.